The molecule has 0 radical (unpaired) electrons. The summed E-state index contributed by atoms with van der Waals surface area (Å²) < 4.78 is 0. The Kier molecular flexibility index (Phi) is 7.21. The highest BCUT2D eigenvalue weighted by atomic mass is 32.2. The van der Waals surface area contributed by atoms with Crippen molar-refractivity contribution in [1.29, 1.82) is 0 Å². The molecule has 0 atom stereocenters. The minimum absolute atomic E-state index is 0.160. The minimum Gasteiger partial charge on any atom is -0.282 e. The molecular formula is C12H18OS. The summed E-state index contributed by atoms with van der Waals surface area (Å²) in [6.45, 7) is 6.06. The summed E-state index contributed by atoms with van der Waals surface area (Å²) in [5.74, 6) is 0. The van der Waals surface area contributed by atoms with Crippen molar-refractivity contribution < 1.29 is 4.79 Å². The Bertz CT molecular complexity index is 281. The van der Waals surface area contributed by atoms with E-state index in [9.17, 15) is 4.79 Å². The molecule has 0 aromatic heterocycles. The summed E-state index contributed by atoms with van der Waals surface area (Å²) in [4.78, 5) is 11.4. The van der Waals surface area contributed by atoms with Gasteiger partial charge in [-0.05, 0) is 18.2 Å². The quantitative estimate of drug-likeness (QED) is 0.739. The summed E-state index contributed by atoms with van der Waals surface area (Å²) in [5.41, 5.74) is 1.99. The number of carbonyl (C=O) groups excluding carboxylic acids is 1. The lowest BCUT2D eigenvalue weighted by Crippen LogP contribution is -1.97. The van der Waals surface area contributed by atoms with Crippen LogP contribution in [0.1, 0.15) is 36.7 Å². The van der Waals surface area contributed by atoms with Crippen LogP contribution in [0, 0.1) is 0 Å². The molecule has 0 bridgehead atoms. The Labute approximate surface area is 90.9 Å². The molecule has 1 aromatic carbocycles. The van der Waals surface area contributed by atoms with Crippen LogP contribution >= 0.6 is 11.8 Å². The average molecular weight is 210 g/mol. The van der Waals surface area contributed by atoms with Gasteiger partial charge >= 0.3 is 0 Å². The van der Waals surface area contributed by atoms with E-state index in [1.165, 1.54) is 11.8 Å². The predicted octanol–water partition coefficient (Wildman–Crippen LogP) is 3.78. The molecule has 0 spiro atoms. The smallest absolute Gasteiger partial charge is 0.219 e. The Balaban J connectivity index is 0.000000791. The van der Waals surface area contributed by atoms with E-state index >= 15 is 0 Å². The lowest BCUT2D eigenvalue weighted by Gasteiger charge is -2.03. The topological polar surface area (TPSA) is 17.1 Å². The van der Waals surface area contributed by atoms with Crippen LogP contribution < -0.4 is 0 Å². The first-order valence-electron chi connectivity index (χ1n) is 4.95. The van der Waals surface area contributed by atoms with Crippen molar-refractivity contribution in [2.45, 2.75) is 27.2 Å². The second-order valence-corrected chi connectivity index (χ2v) is 3.28. The number of benzene rings is 1. The fourth-order valence-corrected chi connectivity index (χ4v) is 1.56. The van der Waals surface area contributed by atoms with Crippen molar-refractivity contribution in [3.05, 3.63) is 35.4 Å². The number of carbonyl (C=O) groups is 1. The molecule has 2 heteroatoms. The van der Waals surface area contributed by atoms with Crippen LogP contribution in [0.4, 0.5) is 0 Å². The van der Waals surface area contributed by atoms with Crippen molar-refractivity contribution in [3.8, 4) is 0 Å². The third kappa shape index (κ3) is 3.54. The van der Waals surface area contributed by atoms with Crippen molar-refractivity contribution in [2.24, 2.45) is 0 Å². The zero-order valence-corrected chi connectivity index (χ0v) is 10.1. The van der Waals surface area contributed by atoms with Gasteiger partial charge in [-0.1, -0.05) is 56.8 Å². The zero-order valence-electron chi connectivity index (χ0n) is 9.33. The van der Waals surface area contributed by atoms with E-state index in [0.717, 1.165) is 17.5 Å². The maximum absolute atomic E-state index is 11.4. The van der Waals surface area contributed by atoms with Gasteiger partial charge in [0.15, 0.2) is 0 Å². The third-order valence-corrected chi connectivity index (χ3v) is 2.39. The highest BCUT2D eigenvalue weighted by molar-refractivity contribution is 8.13. The van der Waals surface area contributed by atoms with Crippen molar-refractivity contribution >= 4 is 16.9 Å². The summed E-state index contributed by atoms with van der Waals surface area (Å²) in [5, 5.41) is 0.160. The lowest BCUT2D eigenvalue weighted by atomic mass is 10.1. The highest BCUT2D eigenvalue weighted by Crippen LogP contribution is 2.14. The lowest BCUT2D eigenvalue weighted by molar-refractivity contribution is 0.108. The third-order valence-electron chi connectivity index (χ3n) is 1.80. The first-order valence-corrected chi connectivity index (χ1v) is 6.18. The summed E-state index contributed by atoms with van der Waals surface area (Å²) in [7, 11) is 0. The van der Waals surface area contributed by atoms with E-state index in [1.807, 2.05) is 44.4 Å². The first-order chi connectivity index (χ1) is 6.79. The largest absolute Gasteiger partial charge is 0.282 e. The fourth-order valence-electron chi connectivity index (χ4n) is 1.14. The molecule has 0 N–H and O–H groups in total. The van der Waals surface area contributed by atoms with Gasteiger partial charge in [0, 0.05) is 5.56 Å². The van der Waals surface area contributed by atoms with Gasteiger partial charge < -0.3 is 0 Å². The molecule has 1 rings (SSSR count). The highest BCUT2D eigenvalue weighted by Gasteiger charge is 2.06. The van der Waals surface area contributed by atoms with E-state index < -0.39 is 0 Å². The van der Waals surface area contributed by atoms with Crippen LogP contribution in [0.5, 0.6) is 0 Å². The molecule has 0 fully saturated rings. The second-order valence-electron chi connectivity index (χ2n) is 2.50. The molecule has 0 aliphatic heterocycles. The van der Waals surface area contributed by atoms with Gasteiger partial charge in [0.2, 0.25) is 5.12 Å². The van der Waals surface area contributed by atoms with Crippen LogP contribution in [0.3, 0.4) is 0 Å². The van der Waals surface area contributed by atoms with Crippen molar-refractivity contribution in [1.82, 2.24) is 0 Å². The second kappa shape index (κ2) is 7.63. The number of rotatable bonds is 2. The summed E-state index contributed by atoms with van der Waals surface area (Å²) in [6.07, 6.45) is 2.73. The summed E-state index contributed by atoms with van der Waals surface area (Å²) >= 11 is 1.27. The predicted molar refractivity (Wildman–Crippen MR) is 65.0 cm³/mol. The van der Waals surface area contributed by atoms with Crippen molar-refractivity contribution in [3.63, 3.8) is 0 Å². The Hall–Kier alpha value is -0.760. The van der Waals surface area contributed by atoms with E-state index in [1.54, 1.807) is 0 Å². The average Bonchev–Trinajstić information content (AvgIpc) is 2.30. The van der Waals surface area contributed by atoms with E-state index in [0.29, 0.717) is 0 Å². The van der Waals surface area contributed by atoms with E-state index in [-0.39, 0.29) is 5.12 Å². The van der Waals surface area contributed by atoms with Gasteiger partial charge in [-0.15, -0.1) is 0 Å². The van der Waals surface area contributed by atoms with Crippen LogP contribution in [-0.4, -0.2) is 11.4 Å². The Morgan fingerprint density at radius 2 is 1.86 bits per heavy atom. The maximum atomic E-state index is 11.4. The molecule has 0 aliphatic rings. The number of aryl methyl sites for hydroxylation is 1. The molecule has 0 saturated heterocycles. The molecular weight excluding hydrogens is 192 g/mol. The van der Waals surface area contributed by atoms with Crippen LogP contribution in [0.15, 0.2) is 24.3 Å². The zero-order chi connectivity index (χ0) is 11.0. The van der Waals surface area contributed by atoms with Gasteiger partial charge in [-0.3, -0.25) is 4.79 Å². The maximum Gasteiger partial charge on any atom is 0.219 e. The number of hydrogen-bond acceptors (Lipinski definition) is 2. The first kappa shape index (κ1) is 13.2. The van der Waals surface area contributed by atoms with Crippen LogP contribution in [-0.2, 0) is 6.42 Å². The van der Waals surface area contributed by atoms with Crippen LogP contribution in [0.2, 0.25) is 0 Å². The van der Waals surface area contributed by atoms with Crippen molar-refractivity contribution in [2.75, 3.05) is 6.26 Å². The molecule has 1 aromatic rings. The minimum atomic E-state index is 0.160. The van der Waals surface area contributed by atoms with Gasteiger partial charge in [0.05, 0.1) is 0 Å². The monoisotopic (exact) mass is 210 g/mol. The van der Waals surface area contributed by atoms with E-state index in [4.69, 9.17) is 0 Å². The molecule has 78 valence electrons. The van der Waals surface area contributed by atoms with Crippen LogP contribution in [0.25, 0.3) is 0 Å². The standard InChI is InChI=1S/C10H12OS.C2H6/c1-3-8-6-4-5-7-9(8)10(11)12-2;1-2/h4-7H,3H2,1-2H3;1-2H3. The normalized spacial score (nSPS) is 8.86. The molecule has 0 unspecified atom stereocenters. The molecule has 0 saturated carbocycles. The molecule has 0 heterocycles. The number of thioether (sulfide) groups is 1. The number of hydrogen-bond donors (Lipinski definition) is 0. The summed E-state index contributed by atoms with van der Waals surface area (Å²) in [6, 6.07) is 7.76. The fraction of sp³-hybridized carbons (Fsp3) is 0.417. The van der Waals surface area contributed by atoms with E-state index in [2.05, 4.69) is 6.92 Å². The molecule has 0 aliphatic carbocycles. The molecule has 0 amide bonds. The molecule has 14 heavy (non-hydrogen) atoms. The molecule has 1 nitrogen and oxygen atoms in total. The SMILES string of the molecule is CC.CCc1ccccc1C(=O)SC. The van der Waals surface area contributed by atoms with Gasteiger partial charge in [0.25, 0.3) is 0 Å². The van der Waals surface area contributed by atoms with Gasteiger partial charge in [-0.2, -0.15) is 0 Å². The van der Waals surface area contributed by atoms with Gasteiger partial charge in [-0.25, -0.2) is 0 Å². The van der Waals surface area contributed by atoms with Gasteiger partial charge in [0.1, 0.15) is 0 Å². The Morgan fingerprint density at radius 3 is 2.36 bits per heavy atom. The Morgan fingerprint density at radius 1 is 1.29 bits per heavy atom.